The van der Waals surface area contributed by atoms with E-state index in [1.807, 2.05) is 93.5 Å². The Balaban J connectivity index is 1.07. The number of rotatable bonds is 5. The molecule has 3 fully saturated rings. The summed E-state index contributed by atoms with van der Waals surface area (Å²) in [5, 5.41) is 0. The lowest BCUT2D eigenvalue weighted by Crippen LogP contribution is -2.46. The van der Waals surface area contributed by atoms with Gasteiger partial charge in [0.2, 0.25) is 5.91 Å². The van der Waals surface area contributed by atoms with E-state index in [9.17, 15) is 14.4 Å². The standard InChI is InChI=1S/C30H32N4O4/c35-27(20-34-26(21-38-29(34)37)23-8-2-1-3-9-23)33-19-14-30(22-33)12-17-32(18-13-30)28(36)24-10-4-5-11-25(24)31-15-6-7-16-31/h1-11,15-16,26H,12-14,17-22H2/t26-/m1/s1. The van der Waals surface area contributed by atoms with Crippen molar-refractivity contribution in [1.82, 2.24) is 19.3 Å². The molecule has 3 aliphatic heterocycles. The maximum Gasteiger partial charge on any atom is 0.410 e. The third-order valence-corrected chi connectivity index (χ3v) is 8.38. The molecule has 0 aliphatic carbocycles. The van der Waals surface area contributed by atoms with E-state index in [2.05, 4.69) is 0 Å². The first-order valence-corrected chi connectivity index (χ1v) is 13.3. The number of carbonyl (C=O) groups is 3. The van der Waals surface area contributed by atoms with Gasteiger partial charge >= 0.3 is 6.09 Å². The van der Waals surface area contributed by atoms with Crippen LogP contribution in [0.25, 0.3) is 5.69 Å². The highest BCUT2D eigenvalue weighted by Gasteiger charge is 2.44. The molecule has 1 atom stereocenters. The highest BCUT2D eigenvalue weighted by Crippen LogP contribution is 2.41. The molecule has 0 saturated carbocycles. The minimum absolute atomic E-state index is 0.0231. The number of aromatic nitrogens is 1. The van der Waals surface area contributed by atoms with Crippen molar-refractivity contribution in [3.63, 3.8) is 0 Å². The number of nitrogens with zero attached hydrogens (tertiary/aromatic N) is 4. The van der Waals surface area contributed by atoms with Crippen molar-refractivity contribution in [2.75, 3.05) is 39.3 Å². The van der Waals surface area contributed by atoms with Crippen LogP contribution < -0.4 is 0 Å². The van der Waals surface area contributed by atoms with Crippen LogP contribution in [0.2, 0.25) is 0 Å². The number of hydrogen-bond acceptors (Lipinski definition) is 4. The highest BCUT2D eigenvalue weighted by atomic mass is 16.6. The Labute approximate surface area is 222 Å². The van der Waals surface area contributed by atoms with Gasteiger partial charge in [-0.1, -0.05) is 42.5 Å². The summed E-state index contributed by atoms with van der Waals surface area (Å²) in [6, 6.07) is 21.1. The van der Waals surface area contributed by atoms with E-state index in [0.717, 1.165) is 30.5 Å². The lowest BCUT2D eigenvalue weighted by molar-refractivity contribution is -0.131. The second-order valence-corrected chi connectivity index (χ2v) is 10.6. The Hall–Kier alpha value is -4.07. The molecule has 3 saturated heterocycles. The van der Waals surface area contributed by atoms with Crippen LogP contribution in [-0.4, -0.2) is 76.5 Å². The summed E-state index contributed by atoms with van der Waals surface area (Å²) in [5.74, 6) is 0.00962. The van der Waals surface area contributed by atoms with Gasteiger partial charge in [-0.05, 0) is 54.5 Å². The van der Waals surface area contributed by atoms with Gasteiger partial charge in [0, 0.05) is 38.6 Å². The molecule has 2 aromatic carbocycles. The highest BCUT2D eigenvalue weighted by molar-refractivity contribution is 5.98. The number of para-hydroxylation sites is 1. The Morgan fingerprint density at radius 2 is 1.50 bits per heavy atom. The maximum absolute atomic E-state index is 13.5. The zero-order chi connectivity index (χ0) is 26.1. The van der Waals surface area contributed by atoms with E-state index >= 15 is 0 Å². The number of benzene rings is 2. The van der Waals surface area contributed by atoms with Crippen molar-refractivity contribution < 1.29 is 19.1 Å². The second kappa shape index (κ2) is 10.0. The van der Waals surface area contributed by atoms with E-state index in [1.54, 1.807) is 4.90 Å². The van der Waals surface area contributed by atoms with Crippen LogP contribution in [0.1, 0.15) is 41.2 Å². The molecule has 0 N–H and O–H groups in total. The number of amides is 3. The van der Waals surface area contributed by atoms with E-state index < -0.39 is 6.09 Å². The summed E-state index contributed by atoms with van der Waals surface area (Å²) < 4.78 is 7.26. The Kier molecular flexibility index (Phi) is 6.39. The summed E-state index contributed by atoms with van der Waals surface area (Å²) >= 11 is 0. The first-order valence-electron chi connectivity index (χ1n) is 13.3. The lowest BCUT2D eigenvalue weighted by atomic mass is 9.77. The van der Waals surface area contributed by atoms with Crippen molar-refractivity contribution in [3.8, 4) is 5.69 Å². The summed E-state index contributed by atoms with van der Waals surface area (Å²) in [4.78, 5) is 44.5. The second-order valence-electron chi connectivity index (χ2n) is 10.6. The fourth-order valence-corrected chi connectivity index (χ4v) is 6.11. The molecule has 3 amide bonds. The fraction of sp³-hybridized carbons (Fsp3) is 0.367. The van der Waals surface area contributed by atoms with Gasteiger partial charge in [-0.25, -0.2) is 4.79 Å². The van der Waals surface area contributed by atoms with E-state index in [1.165, 1.54) is 0 Å². The molecule has 0 radical (unpaired) electrons. The van der Waals surface area contributed by atoms with Crippen LogP contribution in [-0.2, 0) is 9.53 Å². The van der Waals surface area contributed by atoms with Gasteiger partial charge < -0.3 is 19.1 Å². The molecule has 6 rings (SSSR count). The zero-order valence-electron chi connectivity index (χ0n) is 21.4. The van der Waals surface area contributed by atoms with Crippen molar-refractivity contribution in [1.29, 1.82) is 0 Å². The third kappa shape index (κ3) is 4.55. The lowest BCUT2D eigenvalue weighted by Gasteiger charge is -2.39. The molecule has 8 nitrogen and oxygen atoms in total. The molecule has 3 aromatic rings. The quantitative estimate of drug-likeness (QED) is 0.515. The van der Waals surface area contributed by atoms with Crippen molar-refractivity contribution in [2.45, 2.75) is 25.3 Å². The minimum atomic E-state index is -0.437. The molecular weight excluding hydrogens is 480 g/mol. The fourth-order valence-electron chi connectivity index (χ4n) is 6.11. The predicted octanol–water partition coefficient (Wildman–Crippen LogP) is 4.13. The van der Waals surface area contributed by atoms with Crippen LogP contribution in [0, 0.1) is 5.41 Å². The van der Waals surface area contributed by atoms with Crippen LogP contribution >= 0.6 is 0 Å². The minimum Gasteiger partial charge on any atom is -0.447 e. The Morgan fingerprint density at radius 3 is 2.24 bits per heavy atom. The van der Waals surface area contributed by atoms with Crippen LogP contribution in [0.4, 0.5) is 4.79 Å². The van der Waals surface area contributed by atoms with Gasteiger partial charge in [0.1, 0.15) is 13.2 Å². The van der Waals surface area contributed by atoms with E-state index in [-0.39, 0.29) is 36.4 Å². The van der Waals surface area contributed by atoms with Gasteiger partial charge in [-0.2, -0.15) is 0 Å². The maximum atomic E-state index is 13.5. The average molecular weight is 513 g/mol. The molecule has 196 valence electrons. The molecular formula is C30H32N4O4. The van der Waals surface area contributed by atoms with Crippen molar-refractivity contribution >= 4 is 17.9 Å². The normalized spacial score (nSPS) is 20.7. The molecule has 4 heterocycles. The first-order chi connectivity index (χ1) is 18.5. The topological polar surface area (TPSA) is 75.1 Å². The third-order valence-electron chi connectivity index (χ3n) is 8.38. The SMILES string of the molecule is O=C(CN1C(=O)OC[C@@H]1c1ccccc1)N1CCC2(CCN(C(=O)c3ccccc3-n3cccc3)CC2)C1. The largest absolute Gasteiger partial charge is 0.447 e. The number of cyclic esters (lactones) is 1. The first kappa shape index (κ1) is 24.3. The summed E-state index contributed by atoms with van der Waals surface area (Å²) in [6.45, 7) is 2.99. The number of likely N-dealkylation sites (tertiary alicyclic amines) is 2. The predicted molar refractivity (Wildman–Crippen MR) is 142 cm³/mol. The van der Waals surface area contributed by atoms with Gasteiger partial charge in [0.25, 0.3) is 5.91 Å². The van der Waals surface area contributed by atoms with Crippen LogP contribution in [0.5, 0.6) is 0 Å². The Bertz CT molecular complexity index is 1320. The number of ether oxygens (including phenoxy) is 1. The number of hydrogen-bond donors (Lipinski definition) is 0. The smallest absolute Gasteiger partial charge is 0.410 e. The van der Waals surface area contributed by atoms with Gasteiger partial charge in [-0.15, -0.1) is 0 Å². The molecule has 0 unspecified atom stereocenters. The molecule has 1 spiro atoms. The molecule has 3 aliphatic rings. The molecule has 38 heavy (non-hydrogen) atoms. The number of piperidine rings is 1. The van der Waals surface area contributed by atoms with Crippen LogP contribution in [0.15, 0.2) is 79.1 Å². The van der Waals surface area contributed by atoms with Gasteiger partial charge in [0.15, 0.2) is 0 Å². The molecule has 8 heteroatoms. The molecule has 1 aromatic heterocycles. The summed E-state index contributed by atoms with van der Waals surface area (Å²) in [5.41, 5.74) is 2.58. The van der Waals surface area contributed by atoms with Crippen molar-refractivity contribution in [2.24, 2.45) is 5.41 Å². The van der Waals surface area contributed by atoms with E-state index in [0.29, 0.717) is 31.7 Å². The van der Waals surface area contributed by atoms with E-state index in [4.69, 9.17) is 4.74 Å². The molecule has 0 bridgehead atoms. The average Bonchev–Trinajstić information content (AvgIpc) is 3.71. The number of carbonyl (C=O) groups excluding carboxylic acids is 3. The monoisotopic (exact) mass is 512 g/mol. The Morgan fingerprint density at radius 1 is 0.842 bits per heavy atom. The summed E-state index contributed by atoms with van der Waals surface area (Å²) in [6.07, 6.45) is 6.12. The summed E-state index contributed by atoms with van der Waals surface area (Å²) in [7, 11) is 0. The van der Waals surface area contributed by atoms with Crippen LogP contribution in [0.3, 0.4) is 0 Å². The van der Waals surface area contributed by atoms with Gasteiger partial charge in [-0.3, -0.25) is 14.5 Å². The van der Waals surface area contributed by atoms with Gasteiger partial charge in [0.05, 0.1) is 17.3 Å². The van der Waals surface area contributed by atoms with Crippen molar-refractivity contribution in [3.05, 3.63) is 90.3 Å². The zero-order valence-corrected chi connectivity index (χ0v) is 21.4.